The molecular weight excluding hydrogens is 336 g/mol. The first-order valence-electron chi connectivity index (χ1n) is 9.45. The number of allylic oxidation sites excluding steroid dienone is 3. The minimum atomic E-state index is 0.0469. The molecule has 0 bridgehead atoms. The monoisotopic (exact) mass is 362 g/mol. The molecule has 3 rings (SSSR count). The van der Waals surface area contributed by atoms with Crippen LogP contribution in [-0.2, 0) is 27.5 Å². The minimum Gasteiger partial charge on any atom is -0.377 e. The van der Waals surface area contributed by atoms with E-state index in [0.717, 1.165) is 29.5 Å². The van der Waals surface area contributed by atoms with Crippen LogP contribution in [0, 0.1) is 5.92 Å². The Balaban J connectivity index is 1.31. The van der Waals surface area contributed by atoms with Gasteiger partial charge in [-0.2, -0.15) is 0 Å². The van der Waals surface area contributed by atoms with Crippen molar-refractivity contribution >= 4 is 5.78 Å². The molecule has 1 aliphatic carbocycles. The molecule has 0 saturated carbocycles. The van der Waals surface area contributed by atoms with Gasteiger partial charge in [0.2, 0.25) is 0 Å². The maximum Gasteiger partial charge on any atom is 0.159 e. The van der Waals surface area contributed by atoms with E-state index in [2.05, 4.69) is 0 Å². The zero-order valence-corrected chi connectivity index (χ0v) is 15.6. The summed E-state index contributed by atoms with van der Waals surface area (Å²) in [6.07, 6.45) is 7.31. The smallest absolute Gasteiger partial charge is 0.159 e. The molecule has 1 atom stereocenters. The van der Waals surface area contributed by atoms with Gasteiger partial charge in [0.05, 0.1) is 19.8 Å². The van der Waals surface area contributed by atoms with E-state index in [4.69, 9.17) is 9.47 Å². The molecule has 2 aromatic carbocycles. The first-order chi connectivity index (χ1) is 13.3. The van der Waals surface area contributed by atoms with E-state index in [9.17, 15) is 4.79 Å². The van der Waals surface area contributed by atoms with Crippen LogP contribution in [0.4, 0.5) is 0 Å². The van der Waals surface area contributed by atoms with Crippen molar-refractivity contribution in [3.8, 4) is 0 Å². The summed E-state index contributed by atoms with van der Waals surface area (Å²) in [7, 11) is 0. The third-order valence-corrected chi connectivity index (χ3v) is 4.59. The molecule has 0 aliphatic heterocycles. The summed E-state index contributed by atoms with van der Waals surface area (Å²) in [5, 5.41) is 0. The summed E-state index contributed by atoms with van der Waals surface area (Å²) in [6, 6.07) is 20.2. The summed E-state index contributed by atoms with van der Waals surface area (Å²) in [5.41, 5.74) is 3.40. The van der Waals surface area contributed by atoms with Crippen LogP contribution in [0.5, 0.6) is 0 Å². The number of rotatable bonds is 10. The Morgan fingerprint density at radius 2 is 1.52 bits per heavy atom. The standard InChI is InChI=1S/C24H26O3/c25-24-17-22(12-7-14-26-18-20-8-3-1-4-9-20)16-23(24)13-15-27-19-21-10-5-2-6-11-21/h1-12,17,23H,13-16,18-19H2/b12-7+. The van der Waals surface area contributed by atoms with Gasteiger partial charge in [0.1, 0.15) is 0 Å². The van der Waals surface area contributed by atoms with Crippen LogP contribution < -0.4 is 0 Å². The molecular formula is C24H26O3. The quantitative estimate of drug-likeness (QED) is 0.565. The van der Waals surface area contributed by atoms with Crippen molar-refractivity contribution in [1.29, 1.82) is 0 Å². The van der Waals surface area contributed by atoms with Gasteiger partial charge in [0, 0.05) is 12.5 Å². The highest BCUT2D eigenvalue weighted by atomic mass is 16.5. The summed E-state index contributed by atoms with van der Waals surface area (Å²) in [6.45, 7) is 2.35. The van der Waals surface area contributed by atoms with E-state index < -0.39 is 0 Å². The molecule has 2 aromatic rings. The molecule has 0 N–H and O–H groups in total. The molecule has 140 valence electrons. The Hall–Kier alpha value is -2.49. The molecule has 0 spiro atoms. The second kappa shape index (κ2) is 10.6. The van der Waals surface area contributed by atoms with Crippen molar-refractivity contribution in [3.63, 3.8) is 0 Å². The molecule has 27 heavy (non-hydrogen) atoms. The van der Waals surface area contributed by atoms with Crippen LogP contribution in [0.3, 0.4) is 0 Å². The zero-order chi connectivity index (χ0) is 18.7. The summed E-state index contributed by atoms with van der Waals surface area (Å²) < 4.78 is 11.3. The largest absolute Gasteiger partial charge is 0.377 e. The van der Waals surface area contributed by atoms with Crippen molar-refractivity contribution in [2.75, 3.05) is 13.2 Å². The lowest BCUT2D eigenvalue weighted by molar-refractivity contribution is -0.118. The summed E-state index contributed by atoms with van der Waals surface area (Å²) in [4.78, 5) is 12.1. The van der Waals surface area contributed by atoms with Gasteiger partial charge in [-0.05, 0) is 35.6 Å². The van der Waals surface area contributed by atoms with Crippen molar-refractivity contribution in [2.24, 2.45) is 5.92 Å². The predicted octanol–water partition coefficient (Wildman–Crippen LogP) is 4.88. The van der Waals surface area contributed by atoms with Crippen LogP contribution in [0.25, 0.3) is 0 Å². The Kier molecular flexibility index (Phi) is 7.57. The number of hydrogen-bond donors (Lipinski definition) is 0. The maximum absolute atomic E-state index is 12.1. The first-order valence-corrected chi connectivity index (χ1v) is 9.45. The number of ether oxygens (including phenoxy) is 2. The molecule has 1 unspecified atom stereocenters. The molecule has 0 amide bonds. The summed E-state index contributed by atoms with van der Waals surface area (Å²) in [5.74, 6) is 0.258. The molecule has 0 radical (unpaired) electrons. The highest BCUT2D eigenvalue weighted by Crippen LogP contribution is 2.25. The predicted molar refractivity (Wildman–Crippen MR) is 107 cm³/mol. The summed E-state index contributed by atoms with van der Waals surface area (Å²) >= 11 is 0. The Bertz CT molecular complexity index is 763. The van der Waals surface area contributed by atoms with Crippen molar-refractivity contribution in [3.05, 3.63) is 95.6 Å². The highest BCUT2D eigenvalue weighted by molar-refractivity contribution is 5.95. The van der Waals surface area contributed by atoms with Crippen LogP contribution in [0.15, 0.2) is 84.5 Å². The lowest BCUT2D eigenvalue weighted by atomic mass is 10.0. The second-order valence-corrected chi connectivity index (χ2v) is 6.75. The molecule has 0 fully saturated rings. The average molecular weight is 362 g/mol. The molecule has 3 nitrogen and oxygen atoms in total. The van der Waals surface area contributed by atoms with Gasteiger partial charge in [0.25, 0.3) is 0 Å². The lowest BCUT2D eigenvalue weighted by Gasteiger charge is -2.09. The van der Waals surface area contributed by atoms with Gasteiger partial charge < -0.3 is 9.47 Å². The fourth-order valence-corrected chi connectivity index (χ4v) is 3.11. The maximum atomic E-state index is 12.1. The number of hydrogen-bond acceptors (Lipinski definition) is 3. The number of ketones is 1. The number of carbonyl (C=O) groups excluding carboxylic acids is 1. The number of carbonyl (C=O) groups is 1. The number of benzene rings is 2. The van der Waals surface area contributed by atoms with E-state index in [1.165, 1.54) is 0 Å². The lowest BCUT2D eigenvalue weighted by Crippen LogP contribution is -2.10. The van der Waals surface area contributed by atoms with E-state index in [0.29, 0.717) is 26.4 Å². The van der Waals surface area contributed by atoms with Gasteiger partial charge in [-0.15, -0.1) is 0 Å². The van der Waals surface area contributed by atoms with Gasteiger partial charge in [0.15, 0.2) is 5.78 Å². The van der Waals surface area contributed by atoms with E-state index >= 15 is 0 Å². The van der Waals surface area contributed by atoms with Crippen LogP contribution >= 0.6 is 0 Å². The first kappa shape index (κ1) is 19.3. The van der Waals surface area contributed by atoms with Crippen molar-refractivity contribution < 1.29 is 14.3 Å². The molecule has 0 heterocycles. The third kappa shape index (κ3) is 6.63. The van der Waals surface area contributed by atoms with Crippen molar-refractivity contribution in [1.82, 2.24) is 0 Å². The topological polar surface area (TPSA) is 35.5 Å². The average Bonchev–Trinajstić information content (AvgIpc) is 3.06. The van der Waals surface area contributed by atoms with Crippen LogP contribution in [0.2, 0.25) is 0 Å². The third-order valence-electron chi connectivity index (χ3n) is 4.59. The molecule has 0 aromatic heterocycles. The van der Waals surface area contributed by atoms with Gasteiger partial charge >= 0.3 is 0 Å². The van der Waals surface area contributed by atoms with E-state index in [1.54, 1.807) is 6.08 Å². The van der Waals surface area contributed by atoms with Crippen molar-refractivity contribution in [2.45, 2.75) is 26.1 Å². The Labute approximate surface area is 161 Å². The minimum absolute atomic E-state index is 0.0469. The fourth-order valence-electron chi connectivity index (χ4n) is 3.11. The molecule has 3 heteroatoms. The Morgan fingerprint density at radius 3 is 2.19 bits per heavy atom. The SMILES string of the molecule is O=C1C=C(/C=C/COCc2ccccc2)CC1CCOCc1ccccc1. The fraction of sp³-hybridized carbons (Fsp3) is 0.292. The molecule has 0 saturated heterocycles. The second-order valence-electron chi connectivity index (χ2n) is 6.75. The van der Waals surface area contributed by atoms with Gasteiger partial charge in [-0.25, -0.2) is 0 Å². The van der Waals surface area contributed by atoms with E-state index in [-0.39, 0.29) is 11.7 Å². The molecule has 1 aliphatic rings. The normalized spacial score (nSPS) is 16.8. The van der Waals surface area contributed by atoms with Crippen LogP contribution in [0.1, 0.15) is 24.0 Å². The van der Waals surface area contributed by atoms with E-state index in [1.807, 2.05) is 72.8 Å². The zero-order valence-electron chi connectivity index (χ0n) is 15.6. The van der Waals surface area contributed by atoms with Gasteiger partial charge in [-0.3, -0.25) is 4.79 Å². The highest BCUT2D eigenvalue weighted by Gasteiger charge is 2.23. The Morgan fingerprint density at radius 1 is 0.889 bits per heavy atom. The van der Waals surface area contributed by atoms with Crippen LogP contribution in [-0.4, -0.2) is 19.0 Å². The van der Waals surface area contributed by atoms with Gasteiger partial charge in [-0.1, -0.05) is 72.8 Å².